The highest BCUT2D eigenvalue weighted by molar-refractivity contribution is 7.09. The van der Waals surface area contributed by atoms with Gasteiger partial charge in [-0.05, 0) is 5.67 Å². The lowest BCUT2D eigenvalue weighted by atomic mass is 10.4. The van der Waals surface area contributed by atoms with Gasteiger partial charge in [-0.15, -0.1) is 25.4 Å². The second-order valence-electron chi connectivity index (χ2n) is 5.18. The molecule has 1 aromatic rings. The first-order valence-corrected chi connectivity index (χ1v) is 11.6. The monoisotopic (exact) mass is 258 g/mol. The van der Waals surface area contributed by atoms with Crippen LogP contribution in [0.2, 0.25) is 18.8 Å². The van der Waals surface area contributed by atoms with Crippen molar-refractivity contribution in [3.05, 3.63) is 67.2 Å². The van der Waals surface area contributed by atoms with Crippen LogP contribution in [-0.2, 0) is 0 Å². The van der Waals surface area contributed by atoms with E-state index in [0.29, 0.717) is 0 Å². The molecule has 0 spiro atoms. The SMILES string of the molecule is C=C[Si](C)(C)C[Si](C=C)(C=C)c1ccccc1. The summed E-state index contributed by atoms with van der Waals surface area (Å²) in [6.45, 7) is 16.9. The van der Waals surface area contributed by atoms with Gasteiger partial charge < -0.3 is 0 Å². The molecule has 0 aliphatic heterocycles. The maximum atomic E-state index is 4.08. The Labute approximate surface area is 107 Å². The van der Waals surface area contributed by atoms with Crippen molar-refractivity contribution < 1.29 is 0 Å². The number of hydrogen-bond donors (Lipinski definition) is 0. The summed E-state index contributed by atoms with van der Waals surface area (Å²) in [6, 6.07) is 10.7. The second kappa shape index (κ2) is 5.47. The Morgan fingerprint density at radius 3 is 1.88 bits per heavy atom. The topological polar surface area (TPSA) is 0 Å². The van der Waals surface area contributed by atoms with Gasteiger partial charge in [0.15, 0.2) is 0 Å². The highest BCUT2D eigenvalue weighted by atomic mass is 28.4. The third-order valence-corrected chi connectivity index (χ3v) is 13.3. The maximum Gasteiger partial charge on any atom is 0.130 e. The molecule has 0 heterocycles. The normalized spacial score (nSPS) is 11.9. The van der Waals surface area contributed by atoms with E-state index in [1.807, 2.05) is 0 Å². The van der Waals surface area contributed by atoms with Gasteiger partial charge in [0.05, 0.1) is 8.07 Å². The summed E-state index contributed by atoms with van der Waals surface area (Å²) < 4.78 is 0. The second-order valence-corrected chi connectivity index (χ2v) is 14.5. The molecule has 0 aliphatic rings. The minimum atomic E-state index is -1.76. The van der Waals surface area contributed by atoms with Gasteiger partial charge in [0.1, 0.15) is 8.07 Å². The quantitative estimate of drug-likeness (QED) is 0.682. The van der Waals surface area contributed by atoms with Crippen LogP contribution < -0.4 is 5.19 Å². The van der Waals surface area contributed by atoms with Gasteiger partial charge in [0, 0.05) is 0 Å². The van der Waals surface area contributed by atoms with Crippen LogP contribution in [0.25, 0.3) is 0 Å². The predicted molar refractivity (Wildman–Crippen MR) is 84.7 cm³/mol. The molecule has 0 saturated heterocycles. The van der Waals surface area contributed by atoms with E-state index in [-0.39, 0.29) is 0 Å². The minimum absolute atomic E-state index is 1.21. The van der Waals surface area contributed by atoms with Crippen molar-refractivity contribution in [3.63, 3.8) is 0 Å². The van der Waals surface area contributed by atoms with Crippen LogP contribution >= 0.6 is 0 Å². The fourth-order valence-electron chi connectivity index (χ4n) is 2.14. The van der Waals surface area contributed by atoms with Gasteiger partial charge in [-0.1, -0.05) is 60.0 Å². The molecular weight excluding hydrogens is 236 g/mol. The number of hydrogen-bond acceptors (Lipinski definition) is 0. The zero-order chi connectivity index (χ0) is 12.9. The summed E-state index contributed by atoms with van der Waals surface area (Å²) in [7, 11) is -3.11. The first-order valence-electron chi connectivity index (χ1n) is 5.96. The summed E-state index contributed by atoms with van der Waals surface area (Å²) in [4.78, 5) is 0. The molecule has 1 rings (SSSR count). The van der Waals surface area contributed by atoms with Gasteiger partial charge in [-0.3, -0.25) is 0 Å². The third kappa shape index (κ3) is 3.17. The van der Waals surface area contributed by atoms with Crippen LogP contribution in [0.1, 0.15) is 0 Å². The molecule has 17 heavy (non-hydrogen) atoms. The van der Waals surface area contributed by atoms with E-state index in [9.17, 15) is 0 Å². The van der Waals surface area contributed by atoms with Crippen molar-refractivity contribution in [2.75, 3.05) is 0 Å². The molecule has 0 amide bonds. The molecule has 0 saturated carbocycles. The predicted octanol–water partition coefficient (Wildman–Crippen LogP) is 3.77. The standard InChI is InChI=1S/C15H22Si2/c1-6-16(4,5)14-17(7-2,8-3)15-12-10-9-11-13-15/h6-13H,1-3,14H2,4-5H3. The maximum absolute atomic E-state index is 4.08. The first kappa shape index (κ1) is 13.9. The Morgan fingerprint density at radius 1 is 0.941 bits per heavy atom. The van der Waals surface area contributed by atoms with Crippen molar-refractivity contribution in [1.29, 1.82) is 0 Å². The largest absolute Gasteiger partial charge is 0.130 e. The zero-order valence-electron chi connectivity index (χ0n) is 10.9. The molecule has 0 aliphatic carbocycles. The van der Waals surface area contributed by atoms with Crippen LogP contribution in [0.4, 0.5) is 0 Å². The Balaban J connectivity index is 3.19. The van der Waals surface area contributed by atoms with Crippen molar-refractivity contribution in [2.24, 2.45) is 0 Å². The van der Waals surface area contributed by atoms with Gasteiger partial charge in [-0.25, -0.2) is 0 Å². The molecule has 0 radical (unpaired) electrons. The summed E-state index contributed by atoms with van der Waals surface area (Å²) in [6.07, 6.45) is 0. The molecule has 0 N–H and O–H groups in total. The van der Waals surface area contributed by atoms with Crippen LogP contribution in [0.3, 0.4) is 0 Å². The van der Waals surface area contributed by atoms with Gasteiger partial charge in [0.2, 0.25) is 0 Å². The Morgan fingerprint density at radius 2 is 1.47 bits per heavy atom. The average molecular weight is 259 g/mol. The van der Waals surface area contributed by atoms with Crippen molar-refractivity contribution in [3.8, 4) is 0 Å². The molecule has 90 valence electrons. The van der Waals surface area contributed by atoms with Crippen LogP contribution in [-0.4, -0.2) is 16.1 Å². The summed E-state index contributed by atoms with van der Waals surface area (Å²) in [5, 5.41) is 1.41. The van der Waals surface area contributed by atoms with E-state index >= 15 is 0 Å². The molecule has 0 unspecified atom stereocenters. The fourth-order valence-corrected chi connectivity index (χ4v) is 12.2. The first-order chi connectivity index (χ1) is 7.99. The van der Waals surface area contributed by atoms with Crippen LogP contribution in [0.15, 0.2) is 67.2 Å². The molecule has 0 aromatic heterocycles. The highest BCUT2D eigenvalue weighted by Crippen LogP contribution is 2.22. The van der Waals surface area contributed by atoms with E-state index in [1.165, 1.54) is 10.9 Å². The Hall–Kier alpha value is -1.13. The number of rotatable bonds is 6. The van der Waals surface area contributed by atoms with Gasteiger partial charge >= 0.3 is 0 Å². The Bertz CT molecular complexity index is 396. The van der Waals surface area contributed by atoms with E-state index in [0.717, 1.165) is 0 Å². The van der Waals surface area contributed by atoms with E-state index < -0.39 is 16.1 Å². The lowest BCUT2D eigenvalue weighted by Gasteiger charge is -2.31. The molecular formula is C15H22Si2. The average Bonchev–Trinajstić information content (AvgIpc) is 2.37. The number of benzene rings is 1. The lowest BCUT2D eigenvalue weighted by molar-refractivity contribution is 1.61. The lowest BCUT2D eigenvalue weighted by Crippen LogP contribution is -2.50. The van der Waals surface area contributed by atoms with E-state index in [1.54, 1.807) is 0 Å². The van der Waals surface area contributed by atoms with Crippen molar-refractivity contribution in [2.45, 2.75) is 18.8 Å². The molecule has 2 heteroatoms. The highest BCUT2D eigenvalue weighted by Gasteiger charge is 2.34. The molecule has 1 aromatic carbocycles. The third-order valence-electron chi connectivity index (χ3n) is 3.34. The molecule has 0 fully saturated rings. The van der Waals surface area contributed by atoms with Gasteiger partial charge in [-0.2, -0.15) is 0 Å². The summed E-state index contributed by atoms with van der Waals surface area (Å²) in [5.41, 5.74) is 7.70. The van der Waals surface area contributed by atoms with E-state index in [2.05, 4.69) is 80.3 Å². The van der Waals surface area contributed by atoms with Crippen molar-refractivity contribution >= 4 is 21.3 Å². The minimum Gasteiger partial charge on any atom is -0.107 e. The van der Waals surface area contributed by atoms with Crippen molar-refractivity contribution in [1.82, 2.24) is 0 Å². The molecule has 0 atom stereocenters. The smallest absolute Gasteiger partial charge is 0.107 e. The van der Waals surface area contributed by atoms with E-state index in [4.69, 9.17) is 0 Å². The van der Waals surface area contributed by atoms with Crippen LogP contribution in [0.5, 0.6) is 0 Å². The zero-order valence-corrected chi connectivity index (χ0v) is 12.9. The summed E-state index contributed by atoms with van der Waals surface area (Å²) >= 11 is 0. The Kier molecular flexibility index (Phi) is 4.49. The van der Waals surface area contributed by atoms with Crippen LogP contribution in [0, 0.1) is 0 Å². The molecule has 0 nitrogen and oxygen atoms in total. The molecule has 0 bridgehead atoms. The fraction of sp³-hybridized carbons (Fsp3) is 0.200. The summed E-state index contributed by atoms with van der Waals surface area (Å²) in [5.74, 6) is 0. The van der Waals surface area contributed by atoms with Gasteiger partial charge in [0.25, 0.3) is 0 Å².